The molecule has 5 rings (SSSR count). The van der Waals surface area contributed by atoms with Gasteiger partial charge in [-0.3, -0.25) is 19.4 Å². The maximum Gasteiger partial charge on any atom is 0.239 e. The van der Waals surface area contributed by atoms with Crippen LogP contribution in [0.1, 0.15) is 29.7 Å². The van der Waals surface area contributed by atoms with E-state index in [0.717, 1.165) is 30.8 Å². The number of likely N-dealkylation sites (N-methyl/N-ethyl adjacent to an activating group) is 1. The van der Waals surface area contributed by atoms with Crippen LogP contribution in [0.15, 0.2) is 48.0 Å². The number of nitrogens with zero attached hydrogens (tertiary/aromatic N) is 3. The molecule has 2 aromatic heterocycles. The van der Waals surface area contributed by atoms with Crippen molar-refractivity contribution in [3.05, 3.63) is 58.4 Å². The first-order valence-electron chi connectivity index (χ1n) is 12.1. The van der Waals surface area contributed by atoms with Crippen LogP contribution in [0.4, 0.5) is 0 Å². The topological polar surface area (TPSA) is 69.6 Å². The average Bonchev–Trinajstić information content (AvgIpc) is 3.56. The fraction of sp³-hybridized carbons (Fsp3) is 0.462. The van der Waals surface area contributed by atoms with Crippen LogP contribution in [0.2, 0.25) is 0 Å². The summed E-state index contributed by atoms with van der Waals surface area (Å²) in [5.74, 6) is 0.178. The SMILES string of the molecule is CN1[C@@H](CCC(=O)NCc2cccs2)CNC(=O)[C@@H]2[C@@H]1CCN2Cc1cn(C)c2ccccc12. The van der Waals surface area contributed by atoms with Gasteiger partial charge in [-0.05, 0) is 43.0 Å². The van der Waals surface area contributed by atoms with Crippen molar-refractivity contribution in [3.63, 3.8) is 0 Å². The smallest absolute Gasteiger partial charge is 0.239 e. The summed E-state index contributed by atoms with van der Waals surface area (Å²) in [6, 6.07) is 12.6. The molecule has 0 spiro atoms. The molecule has 34 heavy (non-hydrogen) atoms. The van der Waals surface area contributed by atoms with Gasteiger partial charge in [-0.25, -0.2) is 0 Å². The summed E-state index contributed by atoms with van der Waals surface area (Å²) in [6.07, 6.45) is 4.35. The number of carbonyl (C=O) groups excluding carboxylic acids is 2. The Hall–Kier alpha value is -2.68. The van der Waals surface area contributed by atoms with Crippen LogP contribution in [0.25, 0.3) is 10.9 Å². The summed E-state index contributed by atoms with van der Waals surface area (Å²) < 4.78 is 2.16. The number of nitrogens with one attached hydrogen (secondary N) is 2. The molecule has 0 saturated carbocycles. The van der Waals surface area contributed by atoms with Gasteiger partial charge in [-0.2, -0.15) is 0 Å². The van der Waals surface area contributed by atoms with Gasteiger partial charge < -0.3 is 15.2 Å². The van der Waals surface area contributed by atoms with Gasteiger partial charge in [0.15, 0.2) is 0 Å². The molecule has 2 amide bonds. The van der Waals surface area contributed by atoms with Crippen molar-refractivity contribution in [2.24, 2.45) is 7.05 Å². The number of rotatable bonds is 7. The molecule has 2 aliphatic rings. The molecule has 1 aromatic carbocycles. The van der Waals surface area contributed by atoms with E-state index < -0.39 is 0 Å². The summed E-state index contributed by atoms with van der Waals surface area (Å²) in [5, 5.41) is 9.46. The van der Waals surface area contributed by atoms with Gasteiger partial charge in [-0.1, -0.05) is 24.3 Å². The summed E-state index contributed by atoms with van der Waals surface area (Å²) in [7, 11) is 4.19. The lowest BCUT2D eigenvalue weighted by atomic mass is 10.0. The summed E-state index contributed by atoms with van der Waals surface area (Å²) in [5.41, 5.74) is 2.48. The minimum atomic E-state index is -0.165. The number of carbonyl (C=O) groups is 2. The largest absolute Gasteiger partial charge is 0.353 e. The highest BCUT2D eigenvalue weighted by atomic mass is 32.1. The summed E-state index contributed by atoms with van der Waals surface area (Å²) >= 11 is 1.65. The number of likely N-dealkylation sites (tertiary alicyclic amines) is 1. The molecule has 0 radical (unpaired) electrons. The van der Waals surface area contributed by atoms with Crippen LogP contribution >= 0.6 is 11.3 Å². The van der Waals surface area contributed by atoms with Crippen molar-refractivity contribution in [3.8, 4) is 0 Å². The minimum absolute atomic E-state index is 0.0675. The molecule has 180 valence electrons. The summed E-state index contributed by atoms with van der Waals surface area (Å²) in [6.45, 7) is 2.83. The van der Waals surface area contributed by atoms with E-state index in [4.69, 9.17) is 0 Å². The predicted octanol–water partition coefficient (Wildman–Crippen LogP) is 2.71. The van der Waals surface area contributed by atoms with E-state index in [2.05, 4.69) is 69.6 Å². The Labute approximate surface area is 204 Å². The highest BCUT2D eigenvalue weighted by Crippen LogP contribution is 2.30. The maximum absolute atomic E-state index is 13.2. The van der Waals surface area contributed by atoms with Gasteiger partial charge in [0, 0.05) is 67.2 Å². The highest BCUT2D eigenvalue weighted by Gasteiger charge is 2.45. The zero-order valence-electron chi connectivity index (χ0n) is 19.9. The first-order valence-corrected chi connectivity index (χ1v) is 12.9. The van der Waals surface area contributed by atoms with Crippen molar-refractivity contribution in [1.82, 2.24) is 25.0 Å². The molecule has 8 heteroatoms. The third-order valence-corrected chi connectivity index (χ3v) is 8.32. The Morgan fingerprint density at radius 2 is 2.06 bits per heavy atom. The van der Waals surface area contributed by atoms with Crippen molar-refractivity contribution in [1.29, 1.82) is 0 Å². The van der Waals surface area contributed by atoms with E-state index in [0.29, 0.717) is 19.5 Å². The van der Waals surface area contributed by atoms with Crippen molar-refractivity contribution >= 4 is 34.1 Å². The number of hydrogen-bond acceptors (Lipinski definition) is 5. The lowest BCUT2D eigenvalue weighted by Gasteiger charge is -2.33. The van der Waals surface area contributed by atoms with E-state index in [1.165, 1.54) is 16.5 Å². The van der Waals surface area contributed by atoms with E-state index in [-0.39, 0.29) is 29.9 Å². The molecule has 4 heterocycles. The van der Waals surface area contributed by atoms with Crippen LogP contribution in [0, 0.1) is 0 Å². The van der Waals surface area contributed by atoms with Gasteiger partial charge >= 0.3 is 0 Å². The zero-order valence-corrected chi connectivity index (χ0v) is 20.7. The molecule has 0 unspecified atom stereocenters. The second-order valence-corrected chi connectivity index (χ2v) is 10.5. The highest BCUT2D eigenvalue weighted by molar-refractivity contribution is 7.09. The van der Waals surface area contributed by atoms with Crippen molar-refractivity contribution in [2.75, 3.05) is 20.1 Å². The first-order chi connectivity index (χ1) is 16.5. The Morgan fingerprint density at radius 1 is 1.21 bits per heavy atom. The number of thiophene rings is 1. The quantitative estimate of drug-likeness (QED) is 0.547. The van der Waals surface area contributed by atoms with Crippen LogP contribution < -0.4 is 10.6 Å². The number of aryl methyl sites for hydroxylation is 1. The zero-order chi connectivity index (χ0) is 23.7. The Kier molecular flexibility index (Phi) is 6.72. The molecule has 0 bridgehead atoms. The van der Waals surface area contributed by atoms with Crippen LogP contribution in [-0.4, -0.2) is 64.4 Å². The van der Waals surface area contributed by atoms with E-state index in [9.17, 15) is 9.59 Å². The molecular formula is C26H33N5O2S. The number of amides is 2. The van der Waals surface area contributed by atoms with Crippen LogP contribution in [-0.2, 0) is 29.7 Å². The molecule has 2 N–H and O–H groups in total. The van der Waals surface area contributed by atoms with E-state index in [1.807, 2.05) is 17.5 Å². The number of hydrogen-bond donors (Lipinski definition) is 2. The van der Waals surface area contributed by atoms with E-state index in [1.54, 1.807) is 11.3 Å². The lowest BCUT2D eigenvalue weighted by Crippen LogP contribution is -2.49. The normalized spacial score (nSPS) is 23.6. The molecule has 2 fully saturated rings. The molecule has 2 saturated heterocycles. The third-order valence-electron chi connectivity index (χ3n) is 7.45. The Morgan fingerprint density at radius 3 is 2.88 bits per heavy atom. The van der Waals surface area contributed by atoms with Crippen LogP contribution in [0.5, 0.6) is 0 Å². The molecule has 0 aliphatic carbocycles. The Bertz CT molecular complexity index is 1160. The monoisotopic (exact) mass is 479 g/mol. The fourth-order valence-electron chi connectivity index (χ4n) is 5.58. The van der Waals surface area contributed by atoms with E-state index >= 15 is 0 Å². The van der Waals surface area contributed by atoms with Crippen molar-refractivity contribution in [2.45, 2.75) is 50.5 Å². The fourth-order valence-corrected chi connectivity index (χ4v) is 6.23. The van der Waals surface area contributed by atoms with Crippen LogP contribution in [0.3, 0.4) is 0 Å². The molecule has 2 aliphatic heterocycles. The second kappa shape index (κ2) is 9.90. The maximum atomic E-state index is 13.2. The molecule has 7 nitrogen and oxygen atoms in total. The second-order valence-electron chi connectivity index (χ2n) is 9.51. The van der Waals surface area contributed by atoms with Gasteiger partial charge in [0.1, 0.15) is 6.04 Å². The molecule has 3 aromatic rings. The number of benzene rings is 1. The van der Waals surface area contributed by atoms with Gasteiger partial charge in [0.25, 0.3) is 0 Å². The van der Waals surface area contributed by atoms with Gasteiger partial charge in [-0.15, -0.1) is 11.3 Å². The predicted molar refractivity (Wildman–Crippen MR) is 135 cm³/mol. The minimum Gasteiger partial charge on any atom is -0.353 e. The summed E-state index contributed by atoms with van der Waals surface area (Å²) in [4.78, 5) is 31.4. The van der Waals surface area contributed by atoms with Crippen molar-refractivity contribution < 1.29 is 9.59 Å². The molecule has 3 atom stereocenters. The Balaban J connectivity index is 1.22. The number of fused-ring (bicyclic) bond motifs is 2. The standard InChI is InChI=1S/C26H33N5O2S/c1-29-16-18(21-7-3-4-8-22(21)29)17-31-12-11-23-25(31)26(33)28-14-19(30(23)2)9-10-24(32)27-15-20-6-5-13-34-20/h3-8,13,16,19,23,25H,9-12,14-15,17H2,1-2H3,(H,27,32)(H,28,33)/t19-,23-,25-/m0/s1. The third kappa shape index (κ3) is 4.62. The van der Waals surface area contributed by atoms with Gasteiger partial charge in [0.2, 0.25) is 11.8 Å². The number of aromatic nitrogens is 1. The lowest BCUT2D eigenvalue weighted by molar-refractivity contribution is -0.126. The molecular weight excluding hydrogens is 446 g/mol. The van der Waals surface area contributed by atoms with Gasteiger partial charge in [0.05, 0.1) is 6.54 Å². The first kappa shape index (κ1) is 23.1. The number of para-hydroxylation sites is 1. The average molecular weight is 480 g/mol.